The van der Waals surface area contributed by atoms with Gasteiger partial charge in [0.15, 0.2) is 0 Å². The fraction of sp³-hybridized carbons (Fsp3) is 0.964. The van der Waals surface area contributed by atoms with Gasteiger partial charge in [-0.1, -0.05) is 129 Å². The van der Waals surface area contributed by atoms with Crippen LogP contribution in [0.1, 0.15) is 156 Å². The summed E-state index contributed by atoms with van der Waals surface area (Å²) in [4.78, 5) is 14.4. The van der Waals surface area contributed by atoms with Gasteiger partial charge in [-0.15, -0.1) is 0 Å². The normalized spacial score (nSPS) is 12.6. The first kappa shape index (κ1) is 29.6. The highest BCUT2D eigenvalue weighted by atomic mass is 16.1. The van der Waals surface area contributed by atoms with E-state index in [0.29, 0.717) is 5.78 Å². The molecule has 0 rings (SSSR count). The average Bonchev–Trinajstić information content (AvgIpc) is 2.74. The van der Waals surface area contributed by atoms with Crippen molar-refractivity contribution < 1.29 is 4.79 Å². The summed E-state index contributed by atoms with van der Waals surface area (Å²) >= 11 is 0. The predicted octanol–water partition coefficient (Wildman–Crippen LogP) is 9.11. The number of nitrogens with zero attached hydrogens (tertiary/aromatic N) is 1. The molecule has 0 aromatic carbocycles. The van der Waals surface area contributed by atoms with Crippen molar-refractivity contribution in [2.45, 2.75) is 162 Å². The number of rotatable bonds is 24. The minimum atomic E-state index is 0.0992. The zero-order valence-corrected chi connectivity index (χ0v) is 21.5. The zero-order valence-electron chi connectivity index (χ0n) is 21.5. The van der Waals surface area contributed by atoms with Crippen LogP contribution in [-0.2, 0) is 4.79 Å². The second-order valence-corrected chi connectivity index (χ2v) is 9.69. The maximum atomic E-state index is 11.9. The summed E-state index contributed by atoms with van der Waals surface area (Å²) in [7, 11) is 0. The number of carbonyl (C=O) groups is 1. The molecule has 0 aliphatic carbocycles. The molecule has 0 N–H and O–H groups in total. The van der Waals surface area contributed by atoms with E-state index in [4.69, 9.17) is 0 Å². The van der Waals surface area contributed by atoms with Crippen LogP contribution in [0.3, 0.4) is 0 Å². The van der Waals surface area contributed by atoms with Gasteiger partial charge >= 0.3 is 0 Å². The van der Waals surface area contributed by atoms with Crippen LogP contribution in [-0.4, -0.2) is 29.8 Å². The van der Waals surface area contributed by atoms with E-state index in [9.17, 15) is 4.79 Å². The van der Waals surface area contributed by atoms with Crippen molar-refractivity contribution in [1.82, 2.24) is 4.90 Å². The summed E-state index contributed by atoms with van der Waals surface area (Å²) in [5.41, 5.74) is 0. The van der Waals surface area contributed by atoms with Gasteiger partial charge in [0.2, 0.25) is 0 Å². The molecule has 1 atom stereocenters. The van der Waals surface area contributed by atoms with E-state index < -0.39 is 0 Å². The molecule has 0 heterocycles. The highest BCUT2D eigenvalue weighted by molar-refractivity contribution is 5.80. The van der Waals surface area contributed by atoms with Gasteiger partial charge in [0.05, 0.1) is 6.04 Å². The fourth-order valence-corrected chi connectivity index (χ4v) is 4.36. The Kier molecular flexibility index (Phi) is 23.0. The Hall–Kier alpha value is -0.370. The summed E-state index contributed by atoms with van der Waals surface area (Å²) in [6, 6.07) is 0.0992. The maximum Gasteiger partial charge on any atom is 0.146 e. The van der Waals surface area contributed by atoms with E-state index in [0.717, 1.165) is 13.1 Å². The van der Waals surface area contributed by atoms with Crippen LogP contribution in [0.5, 0.6) is 0 Å². The molecule has 1 unspecified atom stereocenters. The van der Waals surface area contributed by atoms with Crippen LogP contribution in [0.15, 0.2) is 0 Å². The summed E-state index contributed by atoms with van der Waals surface area (Å²) in [5.74, 6) is 0.328. The van der Waals surface area contributed by atoms with Crippen molar-refractivity contribution >= 4 is 5.78 Å². The van der Waals surface area contributed by atoms with Crippen LogP contribution < -0.4 is 0 Å². The Labute approximate surface area is 191 Å². The van der Waals surface area contributed by atoms with E-state index in [1.54, 1.807) is 6.92 Å². The van der Waals surface area contributed by atoms with Crippen LogP contribution in [0.25, 0.3) is 0 Å². The molecule has 0 aromatic heterocycles. The smallest absolute Gasteiger partial charge is 0.146 e. The minimum Gasteiger partial charge on any atom is -0.298 e. The first-order chi connectivity index (χ1) is 14.6. The lowest BCUT2D eigenvalue weighted by atomic mass is 10.1. The molecule has 0 saturated carbocycles. The molecule has 0 aromatic rings. The predicted molar refractivity (Wildman–Crippen MR) is 135 cm³/mol. The van der Waals surface area contributed by atoms with E-state index in [-0.39, 0.29) is 6.04 Å². The number of unbranched alkanes of at least 4 members (excludes halogenated alkanes) is 18. The molecule has 0 bridgehead atoms. The highest BCUT2D eigenvalue weighted by Crippen LogP contribution is 2.14. The number of hydrogen-bond donors (Lipinski definition) is 0. The molecule has 0 fully saturated rings. The molecule has 0 aliphatic heterocycles. The first-order valence-corrected chi connectivity index (χ1v) is 13.9. The van der Waals surface area contributed by atoms with Gasteiger partial charge in [0.25, 0.3) is 0 Å². The van der Waals surface area contributed by atoms with Crippen molar-refractivity contribution in [1.29, 1.82) is 0 Å². The number of carbonyl (C=O) groups excluding carboxylic acids is 1. The largest absolute Gasteiger partial charge is 0.298 e. The summed E-state index contributed by atoms with van der Waals surface area (Å²) < 4.78 is 0. The Morgan fingerprint density at radius 1 is 0.533 bits per heavy atom. The monoisotopic (exact) mass is 423 g/mol. The third-order valence-electron chi connectivity index (χ3n) is 6.73. The van der Waals surface area contributed by atoms with Crippen molar-refractivity contribution in [3.8, 4) is 0 Å². The molecule has 2 nitrogen and oxygen atoms in total. The van der Waals surface area contributed by atoms with Crippen molar-refractivity contribution in [2.24, 2.45) is 0 Å². The lowest BCUT2D eigenvalue weighted by Crippen LogP contribution is -2.39. The van der Waals surface area contributed by atoms with Gasteiger partial charge < -0.3 is 0 Å². The minimum absolute atomic E-state index is 0.0992. The Balaban J connectivity index is 3.73. The molecule has 0 radical (unpaired) electrons. The van der Waals surface area contributed by atoms with Crippen molar-refractivity contribution in [2.75, 3.05) is 13.1 Å². The van der Waals surface area contributed by atoms with Crippen LogP contribution in [0.4, 0.5) is 0 Å². The number of ketones is 1. The number of Topliss-reactive ketones (excluding diaryl/α,β-unsaturated/α-hetero) is 1. The van der Waals surface area contributed by atoms with Crippen LogP contribution in [0, 0.1) is 0 Å². The van der Waals surface area contributed by atoms with Crippen molar-refractivity contribution in [3.05, 3.63) is 0 Å². The van der Waals surface area contributed by atoms with Gasteiger partial charge in [0, 0.05) is 0 Å². The van der Waals surface area contributed by atoms with Gasteiger partial charge in [-0.2, -0.15) is 0 Å². The molecule has 0 saturated heterocycles. The lowest BCUT2D eigenvalue weighted by Gasteiger charge is -2.27. The summed E-state index contributed by atoms with van der Waals surface area (Å²) in [6.45, 7) is 10.6. The van der Waals surface area contributed by atoms with Crippen LogP contribution in [0.2, 0.25) is 0 Å². The quantitative estimate of drug-likeness (QED) is 0.144. The Morgan fingerprint density at radius 3 is 1.07 bits per heavy atom. The standard InChI is InChI=1S/C28H57NO/c1-5-7-9-11-13-15-17-19-21-23-25-29(27(3)28(4)30)26-24-22-20-18-16-14-12-10-8-6-2/h27H,5-26H2,1-4H3. The van der Waals surface area contributed by atoms with E-state index >= 15 is 0 Å². The van der Waals surface area contributed by atoms with Gasteiger partial charge in [-0.3, -0.25) is 9.69 Å². The maximum absolute atomic E-state index is 11.9. The fourth-order valence-electron chi connectivity index (χ4n) is 4.36. The Morgan fingerprint density at radius 2 is 0.800 bits per heavy atom. The second-order valence-electron chi connectivity index (χ2n) is 9.69. The molecule has 0 spiro atoms. The summed E-state index contributed by atoms with van der Waals surface area (Å²) in [5, 5.41) is 0. The lowest BCUT2D eigenvalue weighted by molar-refractivity contribution is -0.121. The topological polar surface area (TPSA) is 20.3 Å². The second kappa shape index (κ2) is 23.3. The number of hydrogen-bond acceptors (Lipinski definition) is 2. The van der Waals surface area contributed by atoms with Gasteiger partial charge in [-0.05, 0) is 39.8 Å². The molecule has 180 valence electrons. The summed E-state index contributed by atoms with van der Waals surface area (Å²) in [6.07, 6.45) is 27.6. The highest BCUT2D eigenvalue weighted by Gasteiger charge is 2.16. The third kappa shape index (κ3) is 19.6. The zero-order chi connectivity index (χ0) is 22.3. The molecule has 0 amide bonds. The molecular weight excluding hydrogens is 366 g/mol. The molecular formula is C28H57NO. The van der Waals surface area contributed by atoms with E-state index in [1.165, 1.54) is 128 Å². The van der Waals surface area contributed by atoms with Gasteiger partial charge in [0.1, 0.15) is 5.78 Å². The van der Waals surface area contributed by atoms with Crippen LogP contribution >= 0.6 is 0 Å². The third-order valence-corrected chi connectivity index (χ3v) is 6.73. The molecule has 2 heteroatoms. The Bertz CT molecular complexity index is 331. The average molecular weight is 424 g/mol. The van der Waals surface area contributed by atoms with Gasteiger partial charge in [-0.25, -0.2) is 0 Å². The van der Waals surface area contributed by atoms with E-state index in [2.05, 4.69) is 25.7 Å². The van der Waals surface area contributed by atoms with Crippen molar-refractivity contribution in [3.63, 3.8) is 0 Å². The first-order valence-electron chi connectivity index (χ1n) is 13.9. The molecule has 30 heavy (non-hydrogen) atoms. The van der Waals surface area contributed by atoms with E-state index in [1.807, 2.05) is 0 Å². The SMILES string of the molecule is CCCCCCCCCCCCN(CCCCCCCCCCCC)C(C)C(C)=O. The molecule has 0 aliphatic rings.